The highest BCUT2D eigenvalue weighted by atomic mass is 16.5. The first-order chi connectivity index (χ1) is 11.9. The molecule has 0 amide bonds. The van der Waals surface area contributed by atoms with Crippen molar-refractivity contribution in [2.45, 2.75) is 83.8 Å². The van der Waals surface area contributed by atoms with Gasteiger partial charge in [0, 0.05) is 13.0 Å². The molecule has 0 spiro atoms. The number of hydrogen-bond donors (Lipinski definition) is 1. The molecule has 9 atom stereocenters. The summed E-state index contributed by atoms with van der Waals surface area (Å²) in [5.74, 6) is 6.77. The highest BCUT2D eigenvalue weighted by molar-refractivity contribution is 5.13. The lowest BCUT2D eigenvalue weighted by Gasteiger charge is -2.61. The van der Waals surface area contributed by atoms with E-state index in [1.807, 2.05) is 0 Å². The molecule has 1 N–H and O–H groups in total. The molecule has 0 aromatic carbocycles. The van der Waals surface area contributed by atoms with E-state index in [0.717, 1.165) is 36.5 Å². The van der Waals surface area contributed by atoms with Gasteiger partial charge in [0.15, 0.2) is 0 Å². The highest BCUT2D eigenvalue weighted by Crippen LogP contribution is 2.67. The second-order valence-electron chi connectivity index (χ2n) is 10.1. The molecule has 0 radical (unpaired) electrons. The number of ether oxygens (including phenoxy) is 1. The van der Waals surface area contributed by atoms with Crippen LogP contribution in [0, 0.1) is 52.8 Å². The number of rotatable bonds is 2. The molecule has 0 aromatic heterocycles. The first-order valence-electron chi connectivity index (χ1n) is 10.6. The average molecular weight is 345 g/mol. The molecule has 0 aliphatic heterocycles. The normalized spacial score (nSPS) is 53.2. The summed E-state index contributed by atoms with van der Waals surface area (Å²) >= 11 is 0. The molecule has 4 saturated carbocycles. The van der Waals surface area contributed by atoms with Gasteiger partial charge in [-0.15, -0.1) is 6.42 Å². The molecular weight excluding hydrogens is 308 g/mol. The van der Waals surface area contributed by atoms with Crippen LogP contribution in [-0.2, 0) is 4.74 Å². The fraction of sp³-hybridized carbons (Fsp3) is 0.913. The quantitative estimate of drug-likeness (QED) is 0.739. The van der Waals surface area contributed by atoms with E-state index in [-0.39, 0.29) is 12.2 Å². The van der Waals surface area contributed by atoms with Gasteiger partial charge >= 0.3 is 0 Å². The standard InChI is InChI=1S/C23H36O2/c1-5-21(25-4)20-9-8-18-17-7-6-15-14-16(24)10-12-22(15,2)19(17)11-13-23(18,20)3/h1,15-21,24H,6-14H2,2-4H3/t15-,16+,17-,18-,19-,20+,21?,22-,23-/m0/s1. The average Bonchev–Trinajstić information content (AvgIpc) is 2.94. The van der Waals surface area contributed by atoms with E-state index >= 15 is 0 Å². The van der Waals surface area contributed by atoms with E-state index in [1.54, 1.807) is 7.11 Å². The first kappa shape index (κ1) is 17.9. The summed E-state index contributed by atoms with van der Waals surface area (Å²) in [6, 6.07) is 0. The summed E-state index contributed by atoms with van der Waals surface area (Å²) in [5, 5.41) is 10.2. The maximum absolute atomic E-state index is 10.2. The molecule has 4 aliphatic carbocycles. The Balaban J connectivity index is 1.59. The van der Waals surface area contributed by atoms with Crippen molar-refractivity contribution in [3.63, 3.8) is 0 Å². The van der Waals surface area contributed by atoms with Crippen molar-refractivity contribution in [2.24, 2.45) is 40.4 Å². The summed E-state index contributed by atoms with van der Waals surface area (Å²) in [6.45, 7) is 5.09. The van der Waals surface area contributed by atoms with Gasteiger partial charge in [0.1, 0.15) is 6.10 Å². The summed E-state index contributed by atoms with van der Waals surface area (Å²) < 4.78 is 5.69. The lowest BCUT2D eigenvalue weighted by atomic mass is 9.44. The van der Waals surface area contributed by atoms with Crippen molar-refractivity contribution in [1.29, 1.82) is 0 Å². The Labute approximate surface area is 154 Å². The molecule has 25 heavy (non-hydrogen) atoms. The predicted octanol–water partition coefficient (Wildman–Crippen LogP) is 4.65. The second kappa shape index (κ2) is 6.28. The van der Waals surface area contributed by atoms with Gasteiger partial charge in [0.05, 0.1) is 6.10 Å². The molecule has 0 saturated heterocycles. The van der Waals surface area contributed by atoms with Gasteiger partial charge in [-0.05, 0) is 92.3 Å². The molecule has 2 heteroatoms. The van der Waals surface area contributed by atoms with E-state index in [4.69, 9.17) is 11.2 Å². The van der Waals surface area contributed by atoms with E-state index < -0.39 is 0 Å². The lowest BCUT2D eigenvalue weighted by molar-refractivity contribution is -0.131. The summed E-state index contributed by atoms with van der Waals surface area (Å²) in [5.41, 5.74) is 0.833. The maximum atomic E-state index is 10.2. The van der Waals surface area contributed by atoms with Crippen molar-refractivity contribution in [3.05, 3.63) is 0 Å². The largest absolute Gasteiger partial charge is 0.393 e. The number of fused-ring (bicyclic) bond motifs is 5. The van der Waals surface area contributed by atoms with Crippen LogP contribution in [0.3, 0.4) is 0 Å². The zero-order valence-corrected chi connectivity index (χ0v) is 16.3. The van der Waals surface area contributed by atoms with Crippen LogP contribution in [0.1, 0.15) is 71.6 Å². The van der Waals surface area contributed by atoms with Gasteiger partial charge < -0.3 is 9.84 Å². The van der Waals surface area contributed by atoms with Crippen molar-refractivity contribution < 1.29 is 9.84 Å². The van der Waals surface area contributed by atoms with Gasteiger partial charge in [-0.3, -0.25) is 0 Å². The molecule has 4 aliphatic rings. The van der Waals surface area contributed by atoms with Crippen molar-refractivity contribution in [1.82, 2.24) is 0 Å². The Bertz CT molecular complexity index is 551. The Hall–Kier alpha value is -0.520. The maximum Gasteiger partial charge on any atom is 0.120 e. The SMILES string of the molecule is C#CC(OC)[C@H]1CC[C@H]2[C@@H]3CC[C@H]4C[C@H](O)CC[C@]4(C)[C@H]3CC[C@]12C. The van der Waals surface area contributed by atoms with Crippen LogP contribution in [-0.4, -0.2) is 24.4 Å². The third-order valence-corrected chi connectivity index (χ3v) is 9.50. The van der Waals surface area contributed by atoms with Gasteiger partial charge in [-0.2, -0.15) is 0 Å². The van der Waals surface area contributed by atoms with E-state index in [2.05, 4.69) is 19.8 Å². The number of methoxy groups -OCH3 is 1. The summed E-state index contributed by atoms with van der Waals surface area (Å²) in [6.07, 6.45) is 17.0. The number of terminal acetylenes is 1. The minimum Gasteiger partial charge on any atom is -0.393 e. The van der Waals surface area contributed by atoms with Gasteiger partial charge in [-0.25, -0.2) is 0 Å². The fourth-order valence-electron chi connectivity index (χ4n) is 8.12. The summed E-state index contributed by atoms with van der Waals surface area (Å²) in [7, 11) is 1.78. The van der Waals surface area contributed by atoms with Crippen molar-refractivity contribution in [3.8, 4) is 12.3 Å². The Morgan fingerprint density at radius 2 is 1.72 bits per heavy atom. The lowest BCUT2D eigenvalue weighted by Crippen LogP contribution is -2.54. The minimum atomic E-state index is -0.0440. The second-order valence-corrected chi connectivity index (χ2v) is 10.1. The molecule has 2 nitrogen and oxygen atoms in total. The zero-order chi connectivity index (χ0) is 17.8. The third kappa shape index (κ3) is 2.53. The zero-order valence-electron chi connectivity index (χ0n) is 16.3. The molecule has 0 heterocycles. The summed E-state index contributed by atoms with van der Waals surface area (Å²) in [4.78, 5) is 0. The highest BCUT2D eigenvalue weighted by Gasteiger charge is 2.60. The fourth-order valence-corrected chi connectivity index (χ4v) is 8.12. The monoisotopic (exact) mass is 344 g/mol. The van der Waals surface area contributed by atoms with Crippen LogP contribution in [0.2, 0.25) is 0 Å². The van der Waals surface area contributed by atoms with Crippen LogP contribution in [0.25, 0.3) is 0 Å². The van der Waals surface area contributed by atoms with Crippen molar-refractivity contribution in [2.75, 3.05) is 7.11 Å². The molecule has 1 unspecified atom stereocenters. The minimum absolute atomic E-state index is 0.0108. The van der Waals surface area contributed by atoms with E-state index in [0.29, 0.717) is 16.7 Å². The Kier molecular flexibility index (Phi) is 4.49. The van der Waals surface area contributed by atoms with Crippen LogP contribution in [0.4, 0.5) is 0 Å². The van der Waals surface area contributed by atoms with Crippen LogP contribution in [0.15, 0.2) is 0 Å². The smallest absolute Gasteiger partial charge is 0.120 e. The third-order valence-electron chi connectivity index (χ3n) is 9.50. The molecular formula is C23H36O2. The molecule has 140 valence electrons. The van der Waals surface area contributed by atoms with Crippen molar-refractivity contribution >= 4 is 0 Å². The van der Waals surface area contributed by atoms with Gasteiger partial charge in [0.25, 0.3) is 0 Å². The van der Waals surface area contributed by atoms with Gasteiger partial charge in [0.2, 0.25) is 0 Å². The number of aliphatic hydroxyl groups is 1. The van der Waals surface area contributed by atoms with Crippen LogP contribution < -0.4 is 0 Å². The Morgan fingerprint density at radius 3 is 2.44 bits per heavy atom. The van der Waals surface area contributed by atoms with E-state index in [1.165, 1.54) is 44.9 Å². The van der Waals surface area contributed by atoms with Gasteiger partial charge in [-0.1, -0.05) is 19.8 Å². The molecule has 4 rings (SSSR count). The molecule has 4 fully saturated rings. The number of hydrogen-bond acceptors (Lipinski definition) is 2. The predicted molar refractivity (Wildman–Crippen MR) is 101 cm³/mol. The number of aliphatic hydroxyl groups excluding tert-OH is 1. The molecule has 0 aromatic rings. The first-order valence-corrected chi connectivity index (χ1v) is 10.6. The van der Waals surface area contributed by atoms with Crippen LogP contribution >= 0.6 is 0 Å². The van der Waals surface area contributed by atoms with E-state index in [9.17, 15) is 5.11 Å². The Morgan fingerprint density at radius 1 is 1.00 bits per heavy atom. The van der Waals surface area contributed by atoms with Crippen LogP contribution in [0.5, 0.6) is 0 Å². The topological polar surface area (TPSA) is 29.5 Å². The molecule has 0 bridgehead atoms.